The zero-order valence-corrected chi connectivity index (χ0v) is 15.3. The minimum absolute atomic E-state index is 0. The molecule has 2 nitrogen and oxygen atoms in total. The van der Waals surface area contributed by atoms with E-state index in [1.807, 2.05) is 0 Å². The molecule has 0 unspecified atom stereocenters. The number of carbonyl (C=O) groups excluding carboxylic acids is 1. The van der Waals surface area contributed by atoms with Gasteiger partial charge in [0.15, 0.2) is 0 Å². The summed E-state index contributed by atoms with van der Waals surface area (Å²) in [7, 11) is 0. The summed E-state index contributed by atoms with van der Waals surface area (Å²) >= 11 is 4.18. The number of unbranched alkanes of at least 4 members (excludes halogenated alkanes) is 9. The van der Waals surface area contributed by atoms with Gasteiger partial charge < -0.3 is 9.90 Å². The standard InChI is InChI=1S/C13H26O2S.K/c14-13(15)11-9-7-5-3-1-2-4-6-8-10-12-16;/h16H,1-12H2,(H,14,15);/q;+1/p-1. The third kappa shape index (κ3) is 20.0. The number of carbonyl (C=O) groups is 1. The first-order valence-electron chi connectivity index (χ1n) is 6.58. The van der Waals surface area contributed by atoms with E-state index >= 15 is 0 Å². The van der Waals surface area contributed by atoms with Crippen molar-refractivity contribution < 1.29 is 61.3 Å². The van der Waals surface area contributed by atoms with Crippen LogP contribution in [0.15, 0.2) is 0 Å². The van der Waals surface area contributed by atoms with Crippen LogP contribution in [-0.2, 0) is 4.79 Å². The Hall–Kier alpha value is 1.46. The molecule has 96 valence electrons. The van der Waals surface area contributed by atoms with Crippen LogP contribution in [0.1, 0.15) is 70.6 Å². The largest absolute Gasteiger partial charge is 1.00 e. The molecule has 17 heavy (non-hydrogen) atoms. The fourth-order valence-electron chi connectivity index (χ4n) is 1.80. The summed E-state index contributed by atoms with van der Waals surface area (Å²) in [6.45, 7) is 0. The summed E-state index contributed by atoms with van der Waals surface area (Å²) in [5, 5.41) is 10.1. The van der Waals surface area contributed by atoms with Gasteiger partial charge in [-0.15, -0.1) is 0 Å². The van der Waals surface area contributed by atoms with Crippen molar-refractivity contribution in [1.82, 2.24) is 0 Å². The van der Waals surface area contributed by atoms with Gasteiger partial charge in [0, 0.05) is 5.97 Å². The minimum Gasteiger partial charge on any atom is -0.550 e. The second-order valence-corrected chi connectivity index (χ2v) is 4.83. The quantitative estimate of drug-likeness (QED) is 0.310. The van der Waals surface area contributed by atoms with Gasteiger partial charge in [0.05, 0.1) is 0 Å². The van der Waals surface area contributed by atoms with Gasteiger partial charge in [0.25, 0.3) is 0 Å². The molecule has 0 fully saturated rings. The monoisotopic (exact) mass is 284 g/mol. The Bertz CT molecular complexity index is 165. The number of hydrogen-bond acceptors (Lipinski definition) is 3. The molecule has 0 aromatic heterocycles. The summed E-state index contributed by atoms with van der Waals surface area (Å²) in [6.07, 6.45) is 12.3. The Labute approximate surface area is 154 Å². The zero-order valence-electron chi connectivity index (χ0n) is 11.2. The summed E-state index contributed by atoms with van der Waals surface area (Å²) < 4.78 is 0. The van der Waals surface area contributed by atoms with Crippen LogP contribution in [0.25, 0.3) is 0 Å². The van der Waals surface area contributed by atoms with Crippen molar-refractivity contribution in [2.24, 2.45) is 0 Å². The van der Waals surface area contributed by atoms with Crippen molar-refractivity contribution in [3.63, 3.8) is 0 Å². The Morgan fingerprint density at radius 3 is 1.47 bits per heavy atom. The smallest absolute Gasteiger partial charge is 0.550 e. The summed E-state index contributed by atoms with van der Waals surface area (Å²) in [5.41, 5.74) is 0. The molecule has 0 heterocycles. The van der Waals surface area contributed by atoms with Gasteiger partial charge in [-0.1, -0.05) is 51.4 Å². The maximum atomic E-state index is 10.1. The van der Waals surface area contributed by atoms with Crippen molar-refractivity contribution in [3.8, 4) is 0 Å². The number of rotatable bonds is 12. The third-order valence-corrected chi connectivity index (χ3v) is 3.11. The van der Waals surface area contributed by atoms with E-state index in [4.69, 9.17) is 0 Å². The summed E-state index contributed by atoms with van der Waals surface area (Å²) in [5.74, 6) is 0.0995. The molecule has 0 aromatic carbocycles. The van der Waals surface area contributed by atoms with Crippen LogP contribution < -0.4 is 56.5 Å². The van der Waals surface area contributed by atoms with E-state index in [1.54, 1.807) is 0 Å². The average Bonchev–Trinajstić information content (AvgIpc) is 2.25. The van der Waals surface area contributed by atoms with Crippen molar-refractivity contribution in [3.05, 3.63) is 0 Å². The SMILES string of the molecule is O=C([O-])CCCCCCCCCCCCS.[K+]. The van der Waals surface area contributed by atoms with Crippen molar-refractivity contribution in [1.29, 1.82) is 0 Å². The van der Waals surface area contributed by atoms with Crippen LogP contribution in [0.2, 0.25) is 0 Å². The van der Waals surface area contributed by atoms with E-state index in [0.717, 1.165) is 18.6 Å². The Morgan fingerprint density at radius 2 is 1.12 bits per heavy atom. The molecule has 0 aromatic rings. The van der Waals surface area contributed by atoms with E-state index < -0.39 is 5.97 Å². The summed E-state index contributed by atoms with van der Waals surface area (Å²) in [6, 6.07) is 0. The molecule has 0 spiro atoms. The van der Waals surface area contributed by atoms with Gasteiger partial charge in [0.1, 0.15) is 0 Å². The Balaban J connectivity index is 0. The van der Waals surface area contributed by atoms with Gasteiger partial charge >= 0.3 is 51.4 Å². The van der Waals surface area contributed by atoms with Crippen LogP contribution >= 0.6 is 12.6 Å². The number of hydrogen-bond donors (Lipinski definition) is 1. The van der Waals surface area contributed by atoms with Gasteiger partial charge in [0.2, 0.25) is 0 Å². The second-order valence-electron chi connectivity index (χ2n) is 4.38. The maximum absolute atomic E-state index is 10.1. The fourth-order valence-corrected chi connectivity index (χ4v) is 2.02. The van der Waals surface area contributed by atoms with E-state index in [-0.39, 0.29) is 57.8 Å². The predicted octanol–water partition coefficient (Wildman–Crippen LogP) is -0.0388. The van der Waals surface area contributed by atoms with E-state index in [9.17, 15) is 9.90 Å². The van der Waals surface area contributed by atoms with Gasteiger partial charge in [-0.2, -0.15) is 12.6 Å². The molecule has 0 radical (unpaired) electrons. The first-order valence-corrected chi connectivity index (χ1v) is 7.21. The molecule has 0 atom stereocenters. The molecule has 0 N–H and O–H groups in total. The van der Waals surface area contributed by atoms with Crippen LogP contribution in [0.3, 0.4) is 0 Å². The zero-order chi connectivity index (χ0) is 12.1. The third-order valence-electron chi connectivity index (χ3n) is 2.79. The van der Waals surface area contributed by atoms with Gasteiger partial charge in [-0.05, 0) is 25.0 Å². The first-order chi connectivity index (χ1) is 7.77. The molecule has 0 saturated heterocycles. The Kier molecular flexibility index (Phi) is 21.3. The van der Waals surface area contributed by atoms with Gasteiger partial charge in [-0.25, -0.2) is 0 Å². The number of carboxylic acid groups (broad SMARTS) is 1. The predicted molar refractivity (Wildman–Crippen MR) is 69.6 cm³/mol. The van der Waals surface area contributed by atoms with Gasteiger partial charge in [-0.3, -0.25) is 0 Å². The van der Waals surface area contributed by atoms with Crippen LogP contribution in [-0.4, -0.2) is 11.7 Å². The van der Waals surface area contributed by atoms with E-state index in [1.165, 1.54) is 51.4 Å². The summed E-state index contributed by atoms with van der Waals surface area (Å²) in [4.78, 5) is 10.1. The number of carboxylic acids is 1. The maximum Gasteiger partial charge on any atom is 1.00 e. The molecule has 0 aliphatic heterocycles. The molecule has 0 rings (SSSR count). The van der Waals surface area contributed by atoms with Crippen molar-refractivity contribution in [2.75, 3.05) is 5.75 Å². The minimum atomic E-state index is -0.913. The number of thiol groups is 1. The first kappa shape index (κ1) is 20.8. The second kappa shape index (κ2) is 17.5. The normalized spacial score (nSPS) is 9.94. The molecule has 0 aliphatic carbocycles. The van der Waals surface area contributed by atoms with Crippen molar-refractivity contribution in [2.45, 2.75) is 70.6 Å². The van der Waals surface area contributed by atoms with Crippen LogP contribution in [0.5, 0.6) is 0 Å². The fraction of sp³-hybridized carbons (Fsp3) is 0.923. The number of aliphatic carboxylic acids is 1. The molecule has 0 saturated carbocycles. The molecule has 4 heteroatoms. The van der Waals surface area contributed by atoms with Crippen LogP contribution in [0, 0.1) is 0 Å². The Morgan fingerprint density at radius 1 is 0.765 bits per heavy atom. The van der Waals surface area contributed by atoms with E-state index in [2.05, 4.69) is 12.6 Å². The molecule has 0 amide bonds. The molecular formula is C13H25KO2S. The molecule has 0 aliphatic rings. The van der Waals surface area contributed by atoms with Crippen molar-refractivity contribution >= 4 is 18.6 Å². The topological polar surface area (TPSA) is 40.1 Å². The molecule has 0 bridgehead atoms. The molecular weight excluding hydrogens is 259 g/mol. The average molecular weight is 285 g/mol. The van der Waals surface area contributed by atoms with E-state index in [0.29, 0.717) is 0 Å². The van der Waals surface area contributed by atoms with Crippen LogP contribution in [0.4, 0.5) is 0 Å².